The molecule has 0 aliphatic rings. The molecule has 150 valence electrons. The third-order valence-electron chi connectivity index (χ3n) is 4.89. The second-order valence-corrected chi connectivity index (χ2v) is 6.89. The summed E-state index contributed by atoms with van der Waals surface area (Å²) in [4.78, 5) is 17.2. The van der Waals surface area contributed by atoms with Crippen LogP contribution in [-0.2, 0) is 16.0 Å². The van der Waals surface area contributed by atoms with Gasteiger partial charge in [0.2, 0.25) is 0 Å². The van der Waals surface area contributed by atoms with Crippen LogP contribution in [-0.4, -0.2) is 23.2 Å². The van der Waals surface area contributed by atoms with Gasteiger partial charge in [-0.15, -0.1) is 0 Å². The van der Waals surface area contributed by atoms with Gasteiger partial charge in [-0.25, -0.2) is 4.98 Å². The van der Waals surface area contributed by atoms with Crippen molar-refractivity contribution in [1.82, 2.24) is 4.98 Å². The van der Waals surface area contributed by atoms with E-state index in [0.29, 0.717) is 17.2 Å². The van der Waals surface area contributed by atoms with E-state index in [1.165, 1.54) is 7.11 Å². The van der Waals surface area contributed by atoms with Gasteiger partial charge in [0.1, 0.15) is 11.4 Å². The molecular weight excluding hydrogens is 378 g/mol. The van der Waals surface area contributed by atoms with E-state index >= 15 is 0 Å². The highest BCUT2D eigenvalue weighted by atomic mass is 16.5. The quantitative estimate of drug-likeness (QED) is 0.451. The molecule has 0 aliphatic heterocycles. The number of carbonyl (C=O) groups excluding carboxylic acids is 1. The van der Waals surface area contributed by atoms with Crippen molar-refractivity contribution < 1.29 is 19.1 Å². The average Bonchev–Trinajstić information content (AvgIpc) is 3.22. The van der Waals surface area contributed by atoms with E-state index in [2.05, 4.69) is 0 Å². The number of methoxy groups -OCH3 is 1. The predicted molar refractivity (Wildman–Crippen MR) is 114 cm³/mol. The first-order valence-corrected chi connectivity index (χ1v) is 9.63. The smallest absolute Gasteiger partial charge is 0.313 e. The molecule has 4 rings (SSSR count). The van der Waals surface area contributed by atoms with Crippen LogP contribution in [0.2, 0.25) is 0 Å². The number of aromatic hydroxyl groups is 1. The second kappa shape index (κ2) is 8.66. The molecule has 0 bridgehead atoms. The van der Waals surface area contributed by atoms with E-state index in [0.717, 1.165) is 16.8 Å². The highest BCUT2D eigenvalue weighted by Gasteiger charge is 2.26. The SMILES string of the molecule is COC(=O)C(Cc1nc(-c2ccccc2)c(-c2ccccc2)o1)c1cccc(O)c1. The molecule has 0 amide bonds. The summed E-state index contributed by atoms with van der Waals surface area (Å²) in [6.07, 6.45) is 0.211. The van der Waals surface area contributed by atoms with Gasteiger partial charge in [-0.2, -0.15) is 0 Å². The molecule has 30 heavy (non-hydrogen) atoms. The molecule has 0 saturated heterocycles. The Bertz CT molecular complexity index is 1080. The number of oxazole rings is 1. The Balaban J connectivity index is 1.77. The molecule has 0 saturated carbocycles. The van der Waals surface area contributed by atoms with Crippen molar-refractivity contribution in [3.63, 3.8) is 0 Å². The summed E-state index contributed by atoms with van der Waals surface area (Å²) in [5, 5.41) is 9.84. The Hall–Kier alpha value is -3.86. The minimum Gasteiger partial charge on any atom is -0.508 e. The van der Waals surface area contributed by atoms with Crippen molar-refractivity contribution in [1.29, 1.82) is 0 Å². The number of carbonyl (C=O) groups is 1. The van der Waals surface area contributed by atoms with Crippen LogP contribution in [0.15, 0.2) is 89.3 Å². The summed E-state index contributed by atoms with van der Waals surface area (Å²) in [7, 11) is 1.35. The summed E-state index contributed by atoms with van der Waals surface area (Å²) < 4.78 is 11.1. The first-order valence-electron chi connectivity index (χ1n) is 9.63. The topological polar surface area (TPSA) is 72.6 Å². The number of nitrogens with zero attached hydrogens (tertiary/aromatic N) is 1. The average molecular weight is 399 g/mol. The van der Waals surface area contributed by atoms with Gasteiger partial charge >= 0.3 is 5.97 Å². The fraction of sp³-hybridized carbons (Fsp3) is 0.120. The zero-order valence-electron chi connectivity index (χ0n) is 16.5. The molecule has 5 heteroatoms. The second-order valence-electron chi connectivity index (χ2n) is 6.89. The van der Waals surface area contributed by atoms with Gasteiger partial charge < -0.3 is 14.3 Å². The van der Waals surface area contributed by atoms with Crippen molar-refractivity contribution in [2.24, 2.45) is 0 Å². The van der Waals surface area contributed by atoms with E-state index in [-0.39, 0.29) is 12.2 Å². The normalized spacial score (nSPS) is 11.8. The molecule has 0 radical (unpaired) electrons. The highest BCUT2D eigenvalue weighted by molar-refractivity contribution is 5.79. The Morgan fingerprint density at radius 3 is 2.27 bits per heavy atom. The van der Waals surface area contributed by atoms with Crippen LogP contribution < -0.4 is 0 Å². The number of phenols is 1. The minimum atomic E-state index is -0.645. The minimum absolute atomic E-state index is 0.0868. The maximum Gasteiger partial charge on any atom is 0.313 e. The number of rotatable bonds is 6. The Morgan fingerprint density at radius 1 is 0.967 bits per heavy atom. The van der Waals surface area contributed by atoms with Crippen molar-refractivity contribution in [2.75, 3.05) is 7.11 Å². The third-order valence-corrected chi connectivity index (χ3v) is 4.89. The molecule has 1 N–H and O–H groups in total. The largest absolute Gasteiger partial charge is 0.508 e. The standard InChI is InChI=1S/C25H21NO4/c1-29-25(28)21(19-13-8-14-20(27)15-19)16-22-26-23(17-9-4-2-5-10-17)24(30-22)18-11-6-3-7-12-18/h2-15,21,27H,16H2,1H3. The zero-order chi connectivity index (χ0) is 20.9. The van der Waals surface area contributed by atoms with Crippen LogP contribution in [0.1, 0.15) is 17.4 Å². The van der Waals surface area contributed by atoms with Crippen molar-refractivity contribution in [2.45, 2.75) is 12.3 Å². The number of hydrogen-bond acceptors (Lipinski definition) is 5. The first kappa shape index (κ1) is 19.5. The predicted octanol–water partition coefficient (Wildman–Crippen LogP) is 5.21. The molecule has 4 aromatic rings. The number of hydrogen-bond donors (Lipinski definition) is 1. The summed E-state index contributed by atoms with van der Waals surface area (Å²) in [5.41, 5.74) is 3.19. The van der Waals surface area contributed by atoms with Crippen molar-refractivity contribution >= 4 is 5.97 Å². The molecule has 1 heterocycles. The van der Waals surface area contributed by atoms with Crippen LogP contribution in [0.5, 0.6) is 5.75 Å². The Morgan fingerprint density at radius 2 is 1.63 bits per heavy atom. The van der Waals surface area contributed by atoms with Crippen LogP contribution in [0.25, 0.3) is 22.6 Å². The van der Waals surface area contributed by atoms with Crippen molar-refractivity contribution in [3.8, 4) is 28.3 Å². The summed E-state index contributed by atoms with van der Waals surface area (Å²) >= 11 is 0. The fourth-order valence-corrected chi connectivity index (χ4v) is 3.42. The van der Waals surface area contributed by atoms with Gasteiger partial charge in [0.15, 0.2) is 11.7 Å². The van der Waals surface area contributed by atoms with Gasteiger partial charge in [0.05, 0.1) is 13.0 Å². The number of phenolic OH excluding ortho intramolecular Hbond substituents is 1. The number of ether oxygens (including phenoxy) is 1. The summed E-state index contributed by atoms with van der Waals surface area (Å²) in [5.74, 6) is 0.0980. The van der Waals surface area contributed by atoms with E-state index in [4.69, 9.17) is 14.1 Å². The zero-order valence-corrected chi connectivity index (χ0v) is 16.5. The molecule has 0 aliphatic carbocycles. The molecule has 3 aromatic carbocycles. The van der Waals surface area contributed by atoms with Crippen molar-refractivity contribution in [3.05, 3.63) is 96.4 Å². The number of esters is 1. The lowest BCUT2D eigenvalue weighted by molar-refractivity contribution is -0.142. The molecule has 0 spiro atoms. The molecule has 5 nitrogen and oxygen atoms in total. The fourth-order valence-electron chi connectivity index (χ4n) is 3.42. The van der Waals surface area contributed by atoms with E-state index < -0.39 is 11.9 Å². The Kier molecular flexibility index (Phi) is 5.61. The maximum atomic E-state index is 12.5. The lowest BCUT2D eigenvalue weighted by Gasteiger charge is -2.13. The third kappa shape index (κ3) is 4.10. The monoisotopic (exact) mass is 399 g/mol. The van der Waals surface area contributed by atoms with Crippen LogP contribution in [0, 0.1) is 0 Å². The van der Waals surface area contributed by atoms with Crippen LogP contribution in [0.3, 0.4) is 0 Å². The lowest BCUT2D eigenvalue weighted by Crippen LogP contribution is -2.17. The first-order chi connectivity index (χ1) is 14.7. The van der Waals surface area contributed by atoms with Gasteiger partial charge in [-0.3, -0.25) is 4.79 Å². The van der Waals surface area contributed by atoms with Gasteiger partial charge in [0, 0.05) is 17.5 Å². The van der Waals surface area contributed by atoms with Gasteiger partial charge in [-0.1, -0.05) is 72.8 Å². The molecular formula is C25H21NO4. The van der Waals surface area contributed by atoms with Gasteiger partial charge in [-0.05, 0) is 17.7 Å². The molecule has 1 unspecified atom stereocenters. The molecule has 1 aromatic heterocycles. The molecule has 0 fully saturated rings. The van der Waals surface area contributed by atoms with E-state index in [9.17, 15) is 9.90 Å². The maximum absolute atomic E-state index is 12.5. The highest BCUT2D eigenvalue weighted by Crippen LogP contribution is 2.34. The number of aromatic nitrogens is 1. The lowest BCUT2D eigenvalue weighted by atomic mass is 9.95. The van der Waals surface area contributed by atoms with E-state index in [1.54, 1.807) is 24.3 Å². The number of benzene rings is 3. The Labute approximate surface area is 174 Å². The molecule has 1 atom stereocenters. The van der Waals surface area contributed by atoms with Crippen LogP contribution in [0.4, 0.5) is 0 Å². The van der Waals surface area contributed by atoms with Crippen LogP contribution >= 0.6 is 0 Å². The summed E-state index contributed by atoms with van der Waals surface area (Å²) in [6.45, 7) is 0. The van der Waals surface area contributed by atoms with E-state index in [1.807, 2.05) is 60.7 Å². The summed E-state index contributed by atoms with van der Waals surface area (Å²) in [6, 6.07) is 26.1. The van der Waals surface area contributed by atoms with Gasteiger partial charge in [0.25, 0.3) is 0 Å².